The lowest BCUT2D eigenvalue weighted by molar-refractivity contribution is 0.288. The normalized spacial score (nSPS) is 15.2. The standard InChI is InChI=1S/C16H22N2O2/c1-3-19-14-6-5-13(11-15(14)20-4-2)18-12-16(7-8-16)9-10-17/h5-6,11,18H,3-4,7-9,12H2,1-2H3. The molecule has 1 aliphatic rings. The van der Waals surface area contributed by atoms with Crippen molar-refractivity contribution in [2.45, 2.75) is 33.1 Å². The Labute approximate surface area is 120 Å². The highest BCUT2D eigenvalue weighted by molar-refractivity contribution is 5.55. The summed E-state index contributed by atoms with van der Waals surface area (Å²) in [5.41, 5.74) is 1.21. The van der Waals surface area contributed by atoms with Crippen LogP contribution in [0.5, 0.6) is 11.5 Å². The summed E-state index contributed by atoms with van der Waals surface area (Å²) in [5.74, 6) is 1.54. The van der Waals surface area contributed by atoms with Gasteiger partial charge in [-0.1, -0.05) is 0 Å². The monoisotopic (exact) mass is 274 g/mol. The molecular formula is C16H22N2O2. The van der Waals surface area contributed by atoms with Gasteiger partial charge in [-0.05, 0) is 38.8 Å². The summed E-state index contributed by atoms with van der Waals surface area (Å²) in [6.45, 7) is 6.00. The second kappa shape index (κ2) is 6.51. The van der Waals surface area contributed by atoms with Gasteiger partial charge in [0.1, 0.15) is 0 Å². The fourth-order valence-corrected chi connectivity index (χ4v) is 2.21. The zero-order valence-electron chi connectivity index (χ0n) is 12.2. The van der Waals surface area contributed by atoms with Crippen LogP contribution in [0, 0.1) is 16.7 Å². The van der Waals surface area contributed by atoms with Gasteiger partial charge < -0.3 is 14.8 Å². The van der Waals surface area contributed by atoms with Crippen LogP contribution in [0.25, 0.3) is 0 Å². The molecule has 1 N–H and O–H groups in total. The predicted octanol–water partition coefficient (Wildman–Crippen LogP) is 3.59. The summed E-state index contributed by atoms with van der Waals surface area (Å²) in [5, 5.41) is 12.2. The number of ether oxygens (including phenoxy) is 2. The number of anilines is 1. The first-order valence-electron chi connectivity index (χ1n) is 7.23. The molecule has 1 fully saturated rings. The van der Waals surface area contributed by atoms with Crippen molar-refractivity contribution in [2.75, 3.05) is 25.1 Å². The third-order valence-electron chi connectivity index (χ3n) is 3.62. The maximum atomic E-state index is 8.83. The molecule has 0 saturated heterocycles. The highest BCUT2D eigenvalue weighted by atomic mass is 16.5. The molecule has 4 heteroatoms. The van der Waals surface area contributed by atoms with E-state index in [1.54, 1.807) is 0 Å². The largest absolute Gasteiger partial charge is 0.490 e. The van der Waals surface area contributed by atoms with Gasteiger partial charge in [0, 0.05) is 30.1 Å². The lowest BCUT2D eigenvalue weighted by Crippen LogP contribution is -2.14. The molecule has 0 amide bonds. The van der Waals surface area contributed by atoms with Crippen LogP contribution in [0.4, 0.5) is 5.69 Å². The van der Waals surface area contributed by atoms with Crippen molar-refractivity contribution in [3.63, 3.8) is 0 Å². The molecule has 0 aliphatic heterocycles. The Morgan fingerprint density at radius 1 is 1.20 bits per heavy atom. The first-order valence-corrected chi connectivity index (χ1v) is 7.23. The Hall–Kier alpha value is -1.89. The van der Waals surface area contributed by atoms with E-state index in [0.717, 1.165) is 36.6 Å². The lowest BCUT2D eigenvalue weighted by atomic mass is 10.0. The van der Waals surface area contributed by atoms with E-state index in [1.165, 1.54) is 0 Å². The van der Waals surface area contributed by atoms with E-state index in [4.69, 9.17) is 14.7 Å². The summed E-state index contributed by atoms with van der Waals surface area (Å²) in [4.78, 5) is 0. The van der Waals surface area contributed by atoms with Crippen LogP contribution in [-0.2, 0) is 0 Å². The van der Waals surface area contributed by atoms with Gasteiger partial charge in [0.25, 0.3) is 0 Å². The summed E-state index contributed by atoms with van der Waals surface area (Å²) in [6, 6.07) is 8.18. The van der Waals surface area contributed by atoms with E-state index in [2.05, 4.69) is 11.4 Å². The Kier molecular flexibility index (Phi) is 4.73. The molecule has 0 bridgehead atoms. The molecule has 0 radical (unpaired) electrons. The van der Waals surface area contributed by atoms with Crippen LogP contribution in [0.15, 0.2) is 18.2 Å². The Morgan fingerprint density at radius 3 is 2.50 bits per heavy atom. The molecule has 0 atom stereocenters. The fourth-order valence-electron chi connectivity index (χ4n) is 2.21. The van der Waals surface area contributed by atoms with Crippen LogP contribution in [0.2, 0.25) is 0 Å². The summed E-state index contributed by atoms with van der Waals surface area (Å²) < 4.78 is 11.2. The highest BCUT2D eigenvalue weighted by Gasteiger charge is 2.42. The number of nitrogens with zero attached hydrogens (tertiary/aromatic N) is 1. The number of hydrogen-bond donors (Lipinski definition) is 1. The Balaban J connectivity index is 2.01. The van der Waals surface area contributed by atoms with Gasteiger partial charge in [-0.25, -0.2) is 0 Å². The van der Waals surface area contributed by atoms with Crippen molar-refractivity contribution in [3.05, 3.63) is 18.2 Å². The summed E-state index contributed by atoms with van der Waals surface area (Å²) in [6.07, 6.45) is 2.92. The highest BCUT2D eigenvalue weighted by Crippen LogP contribution is 2.48. The summed E-state index contributed by atoms with van der Waals surface area (Å²) in [7, 11) is 0. The van der Waals surface area contributed by atoms with Crippen LogP contribution in [-0.4, -0.2) is 19.8 Å². The average Bonchev–Trinajstić information content (AvgIpc) is 3.20. The number of benzene rings is 1. The van der Waals surface area contributed by atoms with Crippen LogP contribution >= 0.6 is 0 Å². The Bertz CT molecular complexity index is 490. The molecule has 0 spiro atoms. The van der Waals surface area contributed by atoms with Gasteiger partial charge in [-0.3, -0.25) is 0 Å². The van der Waals surface area contributed by atoms with Crippen molar-refractivity contribution in [1.29, 1.82) is 5.26 Å². The maximum absolute atomic E-state index is 8.83. The minimum atomic E-state index is 0.194. The zero-order valence-corrected chi connectivity index (χ0v) is 12.2. The van der Waals surface area contributed by atoms with Crippen LogP contribution in [0.3, 0.4) is 0 Å². The molecule has 1 saturated carbocycles. The molecule has 108 valence electrons. The van der Waals surface area contributed by atoms with Gasteiger partial charge in [0.15, 0.2) is 11.5 Å². The number of rotatable bonds is 8. The first-order chi connectivity index (χ1) is 9.73. The second-order valence-electron chi connectivity index (χ2n) is 5.22. The number of nitriles is 1. The van der Waals surface area contributed by atoms with E-state index in [0.29, 0.717) is 19.6 Å². The molecule has 0 unspecified atom stereocenters. The molecule has 0 heterocycles. The molecule has 0 aromatic heterocycles. The van der Waals surface area contributed by atoms with Crippen molar-refractivity contribution < 1.29 is 9.47 Å². The molecule has 1 aromatic carbocycles. The van der Waals surface area contributed by atoms with Gasteiger partial charge in [-0.2, -0.15) is 5.26 Å². The Morgan fingerprint density at radius 2 is 1.90 bits per heavy atom. The van der Waals surface area contributed by atoms with Gasteiger partial charge in [0.05, 0.1) is 19.3 Å². The minimum Gasteiger partial charge on any atom is -0.490 e. The molecule has 2 rings (SSSR count). The quantitative estimate of drug-likeness (QED) is 0.787. The van der Waals surface area contributed by atoms with E-state index in [9.17, 15) is 0 Å². The van der Waals surface area contributed by atoms with E-state index in [1.807, 2.05) is 32.0 Å². The van der Waals surface area contributed by atoms with Crippen molar-refractivity contribution >= 4 is 5.69 Å². The third-order valence-corrected chi connectivity index (χ3v) is 3.62. The molecule has 1 aromatic rings. The van der Waals surface area contributed by atoms with E-state index >= 15 is 0 Å². The third kappa shape index (κ3) is 3.57. The SMILES string of the molecule is CCOc1ccc(NCC2(CC#N)CC2)cc1OCC. The van der Waals surface area contributed by atoms with Gasteiger partial charge in [-0.15, -0.1) is 0 Å². The fraction of sp³-hybridized carbons (Fsp3) is 0.562. The van der Waals surface area contributed by atoms with E-state index < -0.39 is 0 Å². The number of nitrogens with one attached hydrogen (secondary N) is 1. The zero-order chi connectivity index (χ0) is 14.4. The lowest BCUT2D eigenvalue weighted by Gasteiger charge is -2.16. The van der Waals surface area contributed by atoms with Gasteiger partial charge >= 0.3 is 0 Å². The predicted molar refractivity (Wildman–Crippen MR) is 79.2 cm³/mol. The van der Waals surface area contributed by atoms with Crippen LogP contribution < -0.4 is 14.8 Å². The second-order valence-corrected chi connectivity index (χ2v) is 5.22. The average molecular weight is 274 g/mol. The van der Waals surface area contributed by atoms with E-state index in [-0.39, 0.29) is 5.41 Å². The molecule has 20 heavy (non-hydrogen) atoms. The number of hydrogen-bond acceptors (Lipinski definition) is 4. The maximum Gasteiger partial charge on any atom is 0.163 e. The summed E-state index contributed by atoms with van der Waals surface area (Å²) >= 11 is 0. The van der Waals surface area contributed by atoms with Crippen molar-refractivity contribution in [1.82, 2.24) is 0 Å². The van der Waals surface area contributed by atoms with Crippen molar-refractivity contribution in [3.8, 4) is 17.6 Å². The molecular weight excluding hydrogens is 252 g/mol. The van der Waals surface area contributed by atoms with Crippen molar-refractivity contribution in [2.24, 2.45) is 5.41 Å². The smallest absolute Gasteiger partial charge is 0.163 e. The minimum absolute atomic E-state index is 0.194. The molecule has 4 nitrogen and oxygen atoms in total. The van der Waals surface area contributed by atoms with Gasteiger partial charge in [0.2, 0.25) is 0 Å². The molecule has 1 aliphatic carbocycles. The van der Waals surface area contributed by atoms with Crippen LogP contribution in [0.1, 0.15) is 33.1 Å². The first kappa shape index (κ1) is 14.5. The topological polar surface area (TPSA) is 54.3 Å².